The molecule has 2 heterocycles. The Morgan fingerprint density at radius 3 is 2.93 bits per heavy atom. The lowest BCUT2D eigenvalue weighted by molar-refractivity contribution is 0.0676. The Morgan fingerprint density at radius 2 is 2.13 bits per heavy atom. The smallest absolute Gasteiger partial charge is 0.323 e. The van der Waals surface area contributed by atoms with Crippen molar-refractivity contribution in [2.24, 2.45) is 0 Å². The van der Waals surface area contributed by atoms with Gasteiger partial charge in [0, 0.05) is 0 Å². The molecule has 1 aliphatic heterocycles. The molecular weight excluding hydrogens is 192 g/mol. The van der Waals surface area contributed by atoms with Crippen LogP contribution in [-0.2, 0) is 4.84 Å². The summed E-state index contributed by atoms with van der Waals surface area (Å²) in [5.41, 5.74) is 1.68. The minimum Gasteiger partial charge on any atom is -0.422 e. The average Bonchev–Trinajstić information content (AvgIpc) is 2.74. The standard InChI is InChI=1S/C11H12N2O2/c1-2-6-10-9(5-1)12-11(15-10)13-7-3-4-8-14-13/h1-2,5-6H,3-4,7-8H2. The molecule has 1 aromatic heterocycles. The molecule has 1 fully saturated rings. The maximum atomic E-state index is 5.60. The van der Waals surface area contributed by atoms with Gasteiger partial charge in [0.1, 0.15) is 5.52 Å². The molecule has 2 aromatic rings. The Labute approximate surface area is 87.4 Å². The summed E-state index contributed by atoms with van der Waals surface area (Å²) in [6.07, 6.45) is 2.23. The zero-order chi connectivity index (χ0) is 10.1. The molecule has 0 unspecified atom stereocenters. The highest BCUT2D eigenvalue weighted by Crippen LogP contribution is 2.23. The number of rotatable bonds is 1. The van der Waals surface area contributed by atoms with Gasteiger partial charge in [-0.3, -0.25) is 4.84 Å². The molecule has 1 aromatic carbocycles. The zero-order valence-electron chi connectivity index (χ0n) is 8.35. The van der Waals surface area contributed by atoms with Crippen LogP contribution in [0.4, 0.5) is 6.01 Å². The fourth-order valence-corrected chi connectivity index (χ4v) is 1.71. The highest BCUT2D eigenvalue weighted by Gasteiger charge is 2.17. The number of aromatic nitrogens is 1. The van der Waals surface area contributed by atoms with Crippen molar-refractivity contribution in [1.82, 2.24) is 4.98 Å². The van der Waals surface area contributed by atoms with Gasteiger partial charge >= 0.3 is 6.01 Å². The predicted octanol–water partition coefficient (Wildman–Crippen LogP) is 2.36. The molecule has 1 saturated heterocycles. The zero-order valence-corrected chi connectivity index (χ0v) is 8.35. The number of benzene rings is 1. The summed E-state index contributed by atoms with van der Waals surface area (Å²) in [4.78, 5) is 9.84. The molecule has 0 atom stereocenters. The Hall–Kier alpha value is -1.55. The van der Waals surface area contributed by atoms with E-state index in [1.54, 1.807) is 5.06 Å². The van der Waals surface area contributed by atoms with Crippen molar-refractivity contribution in [3.63, 3.8) is 0 Å². The molecule has 0 radical (unpaired) electrons. The number of hydroxylamine groups is 1. The SMILES string of the molecule is c1ccc2oc(N3CCCCO3)nc2c1. The van der Waals surface area contributed by atoms with E-state index in [1.165, 1.54) is 0 Å². The van der Waals surface area contributed by atoms with Crippen LogP contribution in [-0.4, -0.2) is 18.1 Å². The normalized spacial score (nSPS) is 17.2. The average molecular weight is 204 g/mol. The van der Waals surface area contributed by atoms with Gasteiger partial charge in [0.15, 0.2) is 5.58 Å². The van der Waals surface area contributed by atoms with E-state index in [0.29, 0.717) is 6.01 Å². The maximum Gasteiger partial charge on any atom is 0.323 e. The molecule has 0 spiro atoms. The molecule has 1 aliphatic rings. The minimum atomic E-state index is 0.566. The van der Waals surface area contributed by atoms with E-state index in [2.05, 4.69) is 4.98 Å². The van der Waals surface area contributed by atoms with Gasteiger partial charge in [-0.2, -0.15) is 4.98 Å². The first kappa shape index (κ1) is 8.73. The number of fused-ring (bicyclic) bond motifs is 1. The summed E-state index contributed by atoms with van der Waals surface area (Å²) in [6, 6.07) is 8.30. The molecule has 4 heteroatoms. The third kappa shape index (κ3) is 1.57. The van der Waals surface area contributed by atoms with Gasteiger partial charge in [-0.15, -0.1) is 0 Å². The molecule has 78 valence electrons. The Morgan fingerprint density at radius 1 is 1.20 bits per heavy atom. The Kier molecular flexibility index (Phi) is 2.07. The minimum absolute atomic E-state index is 0.566. The van der Waals surface area contributed by atoms with Crippen LogP contribution in [0.5, 0.6) is 0 Å². The first-order chi connectivity index (χ1) is 7.43. The maximum absolute atomic E-state index is 5.60. The fraction of sp³-hybridized carbons (Fsp3) is 0.364. The second kappa shape index (κ2) is 3.55. The van der Waals surface area contributed by atoms with Crippen molar-refractivity contribution in [3.05, 3.63) is 24.3 Å². The van der Waals surface area contributed by atoms with E-state index in [1.807, 2.05) is 24.3 Å². The van der Waals surface area contributed by atoms with Crippen LogP contribution in [0, 0.1) is 0 Å². The van der Waals surface area contributed by atoms with Crippen LogP contribution < -0.4 is 5.06 Å². The third-order valence-corrected chi connectivity index (χ3v) is 2.50. The van der Waals surface area contributed by atoms with E-state index < -0.39 is 0 Å². The summed E-state index contributed by atoms with van der Waals surface area (Å²) in [5.74, 6) is 0. The second-order valence-corrected chi connectivity index (χ2v) is 3.61. The molecule has 0 N–H and O–H groups in total. The summed E-state index contributed by atoms with van der Waals surface area (Å²) in [7, 11) is 0. The van der Waals surface area contributed by atoms with Crippen LogP contribution in [0.2, 0.25) is 0 Å². The van der Waals surface area contributed by atoms with Gasteiger partial charge in [0.2, 0.25) is 0 Å². The van der Waals surface area contributed by atoms with Gasteiger partial charge < -0.3 is 4.42 Å². The monoisotopic (exact) mass is 204 g/mol. The fourth-order valence-electron chi connectivity index (χ4n) is 1.71. The van der Waals surface area contributed by atoms with Gasteiger partial charge in [0.25, 0.3) is 0 Å². The van der Waals surface area contributed by atoms with E-state index in [9.17, 15) is 0 Å². The number of nitrogens with zero attached hydrogens (tertiary/aromatic N) is 2. The molecule has 4 nitrogen and oxygen atoms in total. The van der Waals surface area contributed by atoms with Crippen LogP contribution in [0.1, 0.15) is 12.8 Å². The number of para-hydroxylation sites is 2. The van der Waals surface area contributed by atoms with E-state index >= 15 is 0 Å². The number of hydrogen-bond donors (Lipinski definition) is 0. The van der Waals surface area contributed by atoms with Crippen molar-refractivity contribution in [3.8, 4) is 0 Å². The summed E-state index contributed by atoms with van der Waals surface area (Å²) in [6.45, 7) is 1.60. The van der Waals surface area contributed by atoms with Gasteiger partial charge in [0.05, 0.1) is 13.2 Å². The molecule has 3 rings (SSSR count). The quantitative estimate of drug-likeness (QED) is 0.714. The van der Waals surface area contributed by atoms with Gasteiger partial charge in [-0.05, 0) is 25.0 Å². The van der Waals surface area contributed by atoms with Crippen LogP contribution in [0.3, 0.4) is 0 Å². The third-order valence-electron chi connectivity index (χ3n) is 2.50. The Bertz CT molecular complexity index is 427. The van der Waals surface area contributed by atoms with Gasteiger partial charge in [-0.1, -0.05) is 12.1 Å². The molecule has 0 bridgehead atoms. The first-order valence-corrected chi connectivity index (χ1v) is 5.19. The lowest BCUT2D eigenvalue weighted by Crippen LogP contribution is -2.29. The topological polar surface area (TPSA) is 38.5 Å². The molecule has 15 heavy (non-hydrogen) atoms. The number of hydrogen-bond acceptors (Lipinski definition) is 4. The van der Waals surface area contributed by atoms with E-state index in [4.69, 9.17) is 9.25 Å². The van der Waals surface area contributed by atoms with Crippen molar-refractivity contribution in [1.29, 1.82) is 0 Å². The predicted molar refractivity (Wildman–Crippen MR) is 56.5 cm³/mol. The Balaban J connectivity index is 1.96. The van der Waals surface area contributed by atoms with E-state index in [0.717, 1.165) is 37.1 Å². The highest BCUT2D eigenvalue weighted by atomic mass is 16.7. The summed E-state index contributed by atoms with van der Waals surface area (Å²) >= 11 is 0. The highest BCUT2D eigenvalue weighted by molar-refractivity contribution is 5.74. The van der Waals surface area contributed by atoms with Crippen molar-refractivity contribution >= 4 is 17.1 Å². The van der Waals surface area contributed by atoms with Crippen molar-refractivity contribution in [2.75, 3.05) is 18.2 Å². The summed E-state index contributed by atoms with van der Waals surface area (Å²) < 4.78 is 5.60. The molecule has 0 amide bonds. The van der Waals surface area contributed by atoms with E-state index in [-0.39, 0.29) is 0 Å². The van der Waals surface area contributed by atoms with Crippen molar-refractivity contribution in [2.45, 2.75) is 12.8 Å². The lowest BCUT2D eigenvalue weighted by Gasteiger charge is -2.23. The number of oxazole rings is 1. The first-order valence-electron chi connectivity index (χ1n) is 5.19. The van der Waals surface area contributed by atoms with Crippen LogP contribution in [0.25, 0.3) is 11.1 Å². The van der Waals surface area contributed by atoms with Crippen molar-refractivity contribution < 1.29 is 9.25 Å². The van der Waals surface area contributed by atoms with Crippen LogP contribution in [0.15, 0.2) is 28.7 Å². The summed E-state index contributed by atoms with van der Waals surface area (Å²) in [5, 5.41) is 1.74. The number of anilines is 1. The van der Waals surface area contributed by atoms with Gasteiger partial charge in [-0.25, -0.2) is 5.06 Å². The molecule has 0 aliphatic carbocycles. The molecular formula is C11H12N2O2. The largest absolute Gasteiger partial charge is 0.422 e. The second-order valence-electron chi connectivity index (χ2n) is 3.61. The lowest BCUT2D eigenvalue weighted by atomic mass is 10.3. The molecule has 0 saturated carbocycles. The van der Waals surface area contributed by atoms with Crippen LogP contribution >= 0.6 is 0 Å².